The molecule has 1 N–H and O–H groups in total. The highest BCUT2D eigenvalue weighted by Gasteiger charge is 2.16. The maximum atomic E-state index is 12.0. The largest absolute Gasteiger partial charge is 0.351 e. The molecule has 1 aromatic rings. The molecule has 0 radical (unpaired) electrons. The summed E-state index contributed by atoms with van der Waals surface area (Å²) in [4.78, 5) is 14.0. The highest BCUT2D eigenvalue weighted by molar-refractivity contribution is 7.88. The van der Waals surface area contributed by atoms with Crippen LogP contribution in [0.3, 0.4) is 0 Å². The molecule has 0 aliphatic heterocycles. The van der Waals surface area contributed by atoms with E-state index >= 15 is 0 Å². The molecule has 0 aromatic heterocycles. The molecule has 1 aromatic carbocycles. The van der Waals surface area contributed by atoms with E-state index in [9.17, 15) is 13.2 Å². The fourth-order valence-electron chi connectivity index (χ4n) is 2.11. The van der Waals surface area contributed by atoms with Gasteiger partial charge in [-0.3, -0.25) is 4.79 Å². The molecule has 0 aliphatic rings. The Morgan fingerprint density at radius 3 is 2.22 bits per heavy atom. The Labute approximate surface area is 139 Å². The molecule has 1 rings (SSSR count). The number of nitrogens with zero attached hydrogens (tertiary/aromatic N) is 2. The third-order valence-electron chi connectivity index (χ3n) is 3.44. The summed E-state index contributed by atoms with van der Waals surface area (Å²) in [7, 11) is 0.634. The minimum absolute atomic E-state index is 0.188. The summed E-state index contributed by atoms with van der Waals surface area (Å²) >= 11 is 0. The van der Waals surface area contributed by atoms with E-state index in [0.29, 0.717) is 18.7 Å². The Morgan fingerprint density at radius 2 is 1.70 bits per heavy atom. The Morgan fingerprint density at radius 1 is 1.09 bits per heavy atom. The molecule has 23 heavy (non-hydrogen) atoms. The van der Waals surface area contributed by atoms with Gasteiger partial charge in [0.25, 0.3) is 5.91 Å². The zero-order chi connectivity index (χ0) is 17.5. The number of amides is 1. The van der Waals surface area contributed by atoms with E-state index in [4.69, 9.17) is 0 Å². The first-order chi connectivity index (χ1) is 10.7. The second kappa shape index (κ2) is 9.00. The van der Waals surface area contributed by atoms with Crippen LogP contribution >= 0.6 is 0 Å². The average Bonchev–Trinajstić information content (AvgIpc) is 2.44. The predicted octanol–water partition coefficient (Wildman–Crippen LogP) is 0.938. The van der Waals surface area contributed by atoms with Gasteiger partial charge in [0.2, 0.25) is 10.0 Å². The van der Waals surface area contributed by atoms with E-state index in [1.165, 1.54) is 10.6 Å². The summed E-state index contributed by atoms with van der Waals surface area (Å²) in [6.45, 7) is 3.81. The van der Waals surface area contributed by atoms with Crippen LogP contribution in [-0.4, -0.2) is 70.1 Å². The summed E-state index contributed by atoms with van der Waals surface area (Å²) in [5, 5.41) is 2.76. The van der Waals surface area contributed by atoms with Gasteiger partial charge in [0, 0.05) is 25.2 Å². The molecule has 0 heterocycles. The van der Waals surface area contributed by atoms with Crippen LogP contribution in [0, 0.1) is 6.92 Å². The van der Waals surface area contributed by atoms with E-state index in [0.717, 1.165) is 18.5 Å². The zero-order valence-corrected chi connectivity index (χ0v) is 15.2. The summed E-state index contributed by atoms with van der Waals surface area (Å²) in [5.41, 5.74) is 1.67. The van der Waals surface area contributed by atoms with Crippen LogP contribution in [0.25, 0.3) is 0 Å². The molecule has 7 heteroatoms. The summed E-state index contributed by atoms with van der Waals surface area (Å²) in [5.74, 6) is -0.188. The van der Waals surface area contributed by atoms with Crippen molar-refractivity contribution in [3.8, 4) is 0 Å². The standard InChI is InChI=1S/C16H27N3O3S/c1-14-6-8-15(9-7-14)16(20)17-10-13-19(23(4,21)22)12-5-11-18(2)3/h6-9H,5,10-13H2,1-4H3,(H,17,20). The monoisotopic (exact) mass is 341 g/mol. The second-order valence-corrected chi connectivity index (χ2v) is 7.92. The lowest BCUT2D eigenvalue weighted by Gasteiger charge is -2.21. The number of carbonyl (C=O) groups is 1. The minimum atomic E-state index is -3.27. The van der Waals surface area contributed by atoms with Gasteiger partial charge in [-0.25, -0.2) is 12.7 Å². The molecule has 0 atom stereocenters. The minimum Gasteiger partial charge on any atom is -0.351 e. The van der Waals surface area contributed by atoms with Crippen molar-refractivity contribution in [2.24, 2.45) is 0 Å². The van der Waals surface area contributed by atoms with Crippen LogP contribution < -0.4 is 5.32 Å². The SMILES string of the molecule is Cc1ccc(C(=O)NCCN(CCCN(C)C)S(C)(=O)=O)cc1. The lowest BCUT2D eigenvalue weighted by atomic mass is 10.1. The van der Waals surface area contributed by atoms with Crippen molar-refractivity contribution in [1.29, 1.82) is 0 Å². The fraction of sp³-hybridized carbons (Fsp3) is 0.562. The van der Waals surface area contributed by atoms with Gasteiger partial charge in [0.05, 0.1) is 6.26 Å². The number of aryl methyl sites for hydroxylation is 1. The first-order valence-electron chi connectivity index (χ1n) is 7.65. The molecule has 0 bridgehead atoms. The highest BCUT2D eigenvalue weighted by atomic mass is 32.2. The normalized spacial score (nSPS) is 11.9. The van der Waals surface area contributed by atoms with Crippen LogP contribution in [0.15, 0.2) is 24.3 Å². The number of sulfonamides is 1. The number of carbonyl (C=O) groups excluding carboxylic acids is 1. The van der Waals surface area contributed by atoms with Crippen molar-refractivity contribution >= 4 is 15.9 Å². The van der Waals surface area contributed by atoms with Crippen molar-refractivity contribution in [1.82, 2.24) is 14.5 Å². The molecule has 0 saturated carbocycles. The molecule has 0 fully saturated rings. The lowest BCUT2D eigenvalue weighted by Crippen LogP contribution is -2.39. The maximum Gasteiger partial charge on any atom is 0.251 e. The van der Waals surface area contributed by atoms with Crippen molar-refractivity contribution in [2.45, 2.75) is 13.3 Å². The fourth-order valence-corrected chi connectivity index (χ4v) is 2.99. The van der Waals surface area contributed by atoms with Crippen molar-refractivity contribution < 1.29 is 13.2 Å². The predicted molar refractivity (Wildman–Crippen MR) is 93.1 cm³/mol. The van der Waals surface area contributed by atoms with Gasteiger partial charge >= 0.3 is 0 Å². The lowest BCUT2D eigenvalue weighted by molar-refractivity contribution is 0.0951. The van der Waals surface area contributed by atoms with E-state index in [1.807, 2.05) is 38.1 Å². The number of nitrogens with one attached hydrogen (secondary N) is 1. The van der Waals surface area contributed by atoms with Gasteiger partial charge < -0.3 is 10.2 Å². The van der Waals surface area contributed by atoms with Crippen LogP contribution in [0.5, 0.6) is 0 Å². The van der Waals surface area contributed by atoms with Gasteiger partial charge in [-0.05, 0) is 46.1 Å². The molecular formula is C16H27N3O3S. The van der Waals surface area contributed by atoms with Crippen molar-refractivity contribution in [3.05, 3.63) is 35.4 Å². The molecule has 1 amide bonds. The van der Waals surface area contributed by atoms with Crippen molar-refractivity contribution in [2.75, 3.05) is 46.5 Å². The smallest absolute Gasteiger partial charge is 0.251 e. The topological polar surface area (TPSA) is 69.7 Å². The molecule has 0 aliphatic carbocycles. The van der Waals surface area contributed by atoms with E-state index in [2.05, 4.69) is 5.32 Å². The van der Waals surface area contributed by atoms with Crippen LogP contribution in [0.1, 0.15) is 22.3 Å². The number of rotatable bonds is 9. The quantitative estimate of drug-likeness (QED) is 0.726. The second-order valence-electron chi connectivity index (χ2n) is 5.94. The number of hydrogen-bond donors (Lipinski definition) is 1. The average molecular weight is 341 g/mol. The Bertz CT molecular complexity index is 598. The molecule has 130 valence electrons. The summed E-state index contributed by atoms with van der Waals surface area (Å²) in [6, 6.07) is 7.27. The van der Waals surface area contributed by atoms with Crippen LogP contribution in [0.4, 0.5) is 0 Å². The van der Waals surface area contributed by atoms with Crippen LogP contribution in [-0.2, 0) is 10.0 Å². The van der Waals surface area contributed by atoms with E-state index in [1.54, 1.807) is 12.1 Å². The third-order valence-corrected chi connectivity index (χ3v) is 4.75. The Hall–Kier alpha value is -1.44. The molecular weight excluding hydrogens is 314 g/mol. The van der Waals surface area contributed by atoms with Crippen LogP contribution in [0.2, 0.25) is 0 Å². The number of hydrogen-bond acceptors (Lipinski definition) is 4. The molecule has 0 spiro atoms. The van der Waals surface area contributed by atoms with Crippen molar-refractivity contribution in [3.63, 3.8) is 0 Å². The Kier molecular flexibility index (Phi) is 7.67. The zero-order valence-electron chi connectivity index (χ0n) is 14.4. The first-order valence-corrected chi connectivity index (χ1v) is 9.49. The maximum absolute atomic E-state index is 12.0. The van der Waals surface area contributed by atoms with Gasteiger partial charge in [-0.2, -0.15) is 0 Å². The third kappa shape index (κ3) is 7.58. The first kappa shape index (κ1) is 19.6. The van der Waals surface area contributed by atoms with E-state index < -0.39 is 10.0 Å². The van der Waals surface area contributed by atoms with Gasteiger partial charge in [-0.1, -0.05) is 17.7 Å². The highest BCUT2D eigenvalue weighted by Crippen LogP contribution is 2.03. The molecule has 0 unspecified atom stereocenters. The summed E-state index contributed by atoms with van der Waals surface area (Å²) in [6.07, 6.45) is 1.95. The molecule has 6 nitrogen and oxygen atoms in total. The van der Waals surface area contributed by atoms with E-state index in [-0.39, 0.29) is 12.5 Å². The summed E-state index contributed by atoms with van der Waals surface area (Å²) < 4.78 is 25.0. The number of benzene rings is 1. The molecule has 0 saturated heterocycles. The van der Waals surface area contributed by atoms with Gasteiger partial charge in [-0.15, -0.1) is 0 Å². The Balaban J connectivity index is 2.48. The van der Waals surface area contributed by atoms with Gasteiger partial charge in [0.1, 0.15) is 0 Å². The van der Waals surface area contributed by atoms with Gasteiger partial charge in [0.15, 0.2) is 0 Å².